The predicted molar refractivity (Wildman–Crippen MR) is 101 cm³/mol. The first-order valence-electron chi connectivity index (χ1n) is 8.99. The van der Waals surface area contributed by atoms with E-state index in [-0.39, 0.29) is 24.4 Å². The Bertz CT molecular complexity index is 601. The van der Waals surface area contributed by atoms with Crippen LogP contribution in [0.5, 0.6) is 5.75 Å². The van der Waals surface area contributed by atoms with Crippen LogP contribution < -0.4 is 15.4 Å². The second kappa shape index (κ2) is 9.30. The van der Waals surface area contributed by atoms with Gasteiger partial charge in [-0.1, -0.05) is 31.5 Å². The Balaban J connectivity index is 2.02. The largest absolute Gasteiger partial charge is 0.493 e. The molecule has 2 atom stereocenters. The number of nitrogens with zero attached hydrogens (tertiary/aromatic N) is 2. The van der Waals surface area contributed by atoms with E-state index in [9.17, 15) is 4.79 Å². The van der Waals surface area contributed by atoms with E-state index >= 15 is 0 Å². The lowest BCUT2D eigenvalue weighted by Gasteiger charge is -2.23. The molecule has 0 fully saturated rings. The van der Waals surface area contributed by atoms with Crippen molar-refractivity contribution in [3.63, 3.8) is 0 Å². The van der Waals surface area contributed by atoms with E-state index in [1.165, 1.54) is 5.56 Å². The number of rotatable bonds is 7. The van der Waals surface area contributed by atoms with Gasteiger partial charge in [0.1, 0.15) is 12.3 Å². The molecule has 1 aromatic rings. The fourth-order valence-corrected chi connectivity index (χ4v) is 2.74. The molecule has 2 N–H and O–H groups in total. The average Bonchev–Trinajstić information content (AvgIpc) is 3.03. The normalized spacial score (nSPS) is 17.4. The van der Waals surface area contributed by atoms with Crippen molar-refractivity contribution < 1.29 is 9.53 Å². The molecule has 1 heterocycles. The third-order valence-electron chi connectivity index (χ3n) is 4.40. The van der Waals surface area contributed by atoms with Crippen molar-refractivity contribution in [2.24, 2.45) is 4.99 Å². The van der Waals surface area contributed by atoms with E-state index in [2.05, 4.69) is 35.5 Å². The first kappa shape index (κ1) is 19.1. The van der Waals surface area contributed by atoms with Crippen LogP contribution in [0.1, 0.15) is 38.2 Å². The minimum absolute atomic E-state index is 0.0150. The highest BCUT2D eigenvalue weighted by molar-refractivity contribution is 5.85. The molecule has 1 aliphatic rings. The van der Waals surface area contributed by atoms with Crippen LogP contribution in [0.4, 0.5) is 0 Å². The number of nitrogens with one attached hydrogen (secondary N) is 2. The maximum absolute atomic E-state index is 11.8. The van der Waals surface area contributed by atoms with Crippen molar-refractivity contribution in [3.8, 4) is 5.75 Å². The quantitative estimate of drug-likeness (QED) is 0.450. The number of hydrogen-bond donors (Lipinski definition) is 2. The molecule has 0 bridgehead atoms. The molecule has 1 aliphatic heterocycles. The van der Waals surface area contributed by atoms with Gasteiger partial charge in [-0.3, -0.25) is 4.79 Å². The van der Waals surface area contributed by atoms with Gasteiger partial charge in [-0.25, -0.2) is 4.99 Å². The standard InChI is InChI=1S/C19H30N4O2/c1-5-6-11-20-19(21-12-18(24)23(3)4)22-14(2)16-13-25-17-10-8-7-9-15(16)17/h7-10,14,16H,5-6,11-13H2,1-4H3,(H2,20,21,22). The summed E-state index contributed by atoms with van der Waals surface area (Å²) in [6.45, 7) is 5.91. The number of aliphatic imine (C=N–C) groups is 1. The minimum atomic E-state index is -0.0150. The zero-order chi connectivity index (χ0) is 18.2. The Labute approximate surface area is 150 Å². The number of benzene rings is 1. The van der Waals surface area contributed by atoms with Crippen molar-refractivity contribution in [3.05, 3.63) is 29.8 Å². The molecule has 138 valence electrons. The molecule has 0 saturated heterocycles. The van der Waals surface area contributed by atoms with Crippen LogP contribution in [-0.4, -0.2) is 56.6 Å². The zero-order valence-electron chi connectivity index (χ0n) is 15.7. The lowest BCUT2D eigenvalue weighted by atomic mass is 9.94. The van der Waals surface area contributed by atoms with Gasteiger partial charge in [0.05, 0.1) is 6.61 Å². The number of guanidine groups is 1. The highest BCUT2D eigenvalue weighted by Gasteiger charge is 2.29. The fourth-order valence-electron chi connectivity index (χ4n) is 2.74. The number of amides is 1. The monoisotopic (exact) mass is 346 g/mol. The summed E-state index contributed by atoms with van der Waals surface area (Å²) in [4.78, 5) is 17.8. The maximum atomic E-state index is 11.8. The van der Waals surface area contributed by atoms with Crippen LogP contribution in [0.3, 0.4) is 0 Å². The fraction of sp³-hybridized carbons (Fsp3) is 0.579. The third kappa shape index (κ3) is 5.37. The molecule has 25 heavy (non-hydrogen) atoms. The molecular formula is C19H30N4O2. The van der Waals surface area contributed by atoms with Gasteiger partial charge in [-0.15, -0.1) is 0 Å². The molecule has 0 radical (unpaired) electrons. The Morgan fingerprint density at radius 3 is 2.88 bits per heavy atom. The maximum Gasteiger partial charge on any atom is 0.243 e. The number of carbonyl (C=O) groups is 1. The highest BCUT2D eigenvalue weighted by atomic mass is 16.5. The predicted octanol–water partition coefficient (Wildman–Crippen LogP) is 1.97. The number of carbonyl (C=O) groups excluding carboxylic acids is 1. The Hall–Kier alpha value is -2.24. The van der Waals surface area contributed by atoms with E-state index in [0.717, 1.165) is 25.1 Å². The summed E-state index contributed by atoms with van der Waals surface area (Å²) in [7, 11) is 3.48. The van der Waals surface area contributed by atoms with Crippen LogP contribution in [0.2, 0.25) is 0 Å². The number of para-hydroxylation sites is 1. The number of unbranched alkanes of at least 4 members (excludes halogenated alkanes) is 1. The van der Waals surface area contributed by atoms with Gasteiger partial charge in [0.25, 0.3) is 0 Å². The third-order valence-corrected chi connectivity index (χ3v) is 4.40. The van der Waals surface area contributed by atoms with Crippen molar-refractivity contribution in [1.82, 2.24) is 15.5 Å². The average molecular weight is 346 g/mol. The van der Waals surface area contributed by atoms with E-state index in [1.54, 1.807) is 19.0 Å². The lowest BCUT2D eigenvalue weighted by molar-refractivity contribution is -0.127. The first-order chi connectivity index (χ1) is 12.0. The molecule has 0 aliphatic carbocycles. The van der Waals surface area contributed by atoms with Gasteiger partial charge in [0.2, 0.25) is 5.91 Å². The topological polar surface area (TPSA) is 66.0 Å². The summed E-state index contributed by atoms with van der Waals surface area (Å²) in [6.07, 6.45) is 2.17. The highest BCUT2D eigenvalue weighted by Crippen LogP contribution is 2.35. The molecule has 1 amide bonds. The molecule has 6 heteroatoms. The van der Waals surface area contributed by atoms with Crippen LogP contribution in [-0.2, 0) is 4.79 Å². The van der Waals surface area contributed by atoms with E-state index in [1.807, 2.05) is 18.2 Å². The molecule has 0 aromatic heterocycles. The van der Waals surface area contributed by atoms with E-state index < -0.39 is 0 Å². The van der Waals surface area contributed by atoms with Crippen LogP contribution in [0.15, 0.2) is 29.3 Å². The lowest BCUT2D eigenvalue weighted by Crippen LogP contribution is -2.45. The Morgan fingerprint density at radius 1 is 1.40 bits per heavy atom. The summed E-state index contributed by atoms with van der Waals surface area (Å²) in [5.41, 5.74) is 1.22. The minimum Gasteiger partial charge on any atom is -0.493 e. The summed E-state index contributed by atoms with van der Waals surface area (Å²) in [6, 6.07) is 8.29. The summed E-state index contributed by atoms with van der Waals surface area (Å²) < 4.78 is 5.78. The number of ether oxygens (including phenoxy) is 1. The van der Waals surface area contributed by atoms with Gasteiger partial charge in [-0.05, 0) is 19.4 Å². The van der Waals surface area contributed by atoms with Gasteiger partial charge in [-0.2, -0.15) is 0 Å². The number of hydrogen-bond acceptors (Lipinski definition) is 3. The zero-order valence-corrected chi connectivity index (χ0v) is 15.7. The van der Waals surface area contributed by atoms with Crippen molar-refractivity contribution in [2.45, 2.75) is 38.6 Å². The van der Waals surface area contributed by atoms with Gasteiger partial charge >= 0.3 is 0 Å². The molecule has 2 rings (SSSR count). The van der Waals surface area contributed by atoms with Crippen molar-refractivity contribution >= 4 is 11.9 Å². The molecular weight excluding hydrogens is 316 g/mol. The molecule has 1 aromatic carbocycles. The Morgan fingerprint density at radius 2 is 2.16 bits per heavy atom. The second-order valence-corrected chi connectivity index (χ2v) is 6.62. The Kier molecular flexibility index (Phi) is 7.10. The molecule has 0 saturated carbocycles. The van der Waals surface area contributed by atoms with Crippen molar-refractivity contribution in [2.75, 3.05) is 33.8 Å². The van der Waals surface area contributed by atoms with Crippen LogP contribution in [0, 0.1) is 0 Å². The van der Waals surface area contributed by atoms with E-state index in [4.69, 9.17) is 4.74 Å². The summed E-state index contributed by atoms with van der Waals surface area (Å²) in [5.74, 6) is 1.89. The SMILES string of the molecule is CCCCNC(=NCC(=O)N(C)C)NC(C)C1COc2ccccc21. The molecule has 0 spiro atoms. The van der Waals surface area contributed by atoms with Crippen LogP contribution in [0.25, 0.3) is 0 Å². The summed E-state index contributed by atoms with van der Waals surface area (Å²) in [5, 5.41) is 6.76. The van der Waals surface area contributed by atoms with E-state index in [0.29, 0.717) is 12.6 Å². The first-order valence-corrected chi connectivity index (χ1v) is 8.99. The second-order valence-electron chi connectivity index (χ2n) is 6.62. The van der Waals surface area contributed by atoms with Gasteiger partial charge in [0, 0.05) is 38.2 Å². The van der Waals surface area contributed by atoms with Gasteiger partial charge < -0.3 is 20.3 Å². The number of fused-ring (bicyclic) bond motifs is 1. The molecule has 6 nitrogen and oxygen atoms in total. The number of likely N-dealkylation sites (N-methyl/N-ethyl adjacent to an activating group) is 1. The van der Waals surface area contributed by atoms with Crippen LogP contribution >= 0.6 is 0 Å². The van der Waals surface area contributed by atoms with Crippen molar-refractivity contribution in [1.29, 1.82) is 0 Å². The van der Waals surface area contributed by atoms with Gasteiger partial charge in [0.15, 0.2) is 5.96 Å². The molecule has 2 unspecified atom stereocenters. The summed E-state index contributed by atoms with van der Waals surface area (Å²) >= 11 is 0. The smallest absolute Gasteiger partial charge is 0.243 e.